The molecule has 1 aliphatic heterocycles. The van der Waals surface area contributed by atoms with E-state index in [9.17, 15) is 22.8 Å². The maximum absolute atomic E-state index is 11.4. The minimum Gasteiger partial charge on any atom is -0.476 e. The molecule has 1 atom stereocenters. The van der Waals surface area contributed by atoms with Gasteiger partial charge in [0.2, 0.25) is 5.78 Å². The molecule has 0 amide bonds. The van der Waals surface area contributed by atoms with Gasteiger partial charge in [0.1, 0.15) is 0 Å². The Hall–Kier alpha value is -2.50. The molecule has 2 saturated carbocycles. The highest BCUT2D eigenvalue weighted by atomic mass is 19.4. The van der Waals surface area contributed by atoms with Crippen molar-refractivity contribution in [3.63, 3.8) is 0 Å². The molecule has 1 heterocycles. The number of alkyl halides is 3. The maximum Gasteiger partial charge on any atom is 0.490 e. The SMILES string of the molecule is CN(C)C1(c2ccccc2)CCC2(CC1)CC([C@H]1C[C@@H](CC(=O)C(=O)O)C1)NN2.O=C(O)C(F)(F)F. The fraction of sp³-hybridized carbons (Fsp3) is 0.640. The van der Waals surface area contributed by atoms with Crippen molar-refractivity contribution in [1.29, 1.82) is 0 Å². The fourth-order valence-corrected chi connectivity index (χ4v) is 5.90. The lowest BCUT2D eigenvalue weighted by molar-refractivity contribution is -0.192. The number of halogens is 3. The van der Waals surface area contributed by atoms with Crippen LogP contribution < -0.4 is 10.9 Å². The number of rotatable bonds is 6. The van der Waals surface area contributed by atoms with Gasteiger partial charge in [-0.05, 0) is 76.4 Å². The Bertz CT molecular complexity index is 940. The second-order valence-electron chi connectivity index (χ2n) is 10.5. The third-order valence-electron chi connectivity index (χ3n) is 8.13. The number of Topliss-reactive ketones (excluding diaryl/α,β-unsaturated/α-hetero) is 1. The van der Waals surface area contributed by atoms with Gasteiger partial charge in [-0.3, -0.25) is 20.5 Å². The predicted octanol–water partition coefficient (Wildman–Crippen LogP) is 3.33. The Kier molecular flexibility index (Phi) is 8.47. The van der Waals surface area contributed by atoms with Crippen molar-refractivity contribution in [3.8, 4) is 0 Å². The van der Waals surface area contributed by atoms with Gasteiger partial charge in [-0.1, -0.05) is 30.3 Å². The molecular formula is C25H34F3N3O5. The topological polar surface area (TPSA) is 119 Å². The van der Waals surface area contributed by atoms with Crippen molar-refractivity contribution in [1.82, 2.24) is 15.8 Å². The quantitative estimate of drug-likeness (QED) is 0.428. The number of hydrogen-bond acceptors (Lipinski definition) is 6. The molecule has 1 spiro atoms. The molecule has 4 N–H and O–H groups in total. The van der Waals surface area contributed by atoms with E-state index in [-0.39, 0.29) is 23.4 Å². The summed E-state index contributed by atoms with van der Waals surface area (Å²) in [6.07, 6.45) is 2.68. The van der Waals surface area contributed by atoms with Crippen molar-refractivity contribution in [2.24, 2.45) is 11.8 Å². The number of aliphatic carboxylic acids is 2. The van der Waals surface area contributed by atoms with Crippen molar-refractivity contribution < 1.29 is 37.8 Å². The van der Waals surface area contributed by atoms with Crippen LogP contribution in [0.25, 0.3) is 0 Å². The van der Waals surface area contributed by atoms with Crippen LogP contribution >= 0.6 is 0 Å². The average molecular weight is 514 g/mol. The molecule has 0 aromatic heterocycles. The van der Waals surface area contributed by atoms with Crippen molar-refractivity contribution in [2.75, 3.05) is 14.1 Å². The van der Waals surface area contributed by atoms with E-state index in [2.05, 4.69) is 60.2 Å². The number of benzene rings is 1. The second-order valence-corrected chi connectivity index (χ2v) is 10.5. The van der Waals surface area contributed by atoms with Crippen LogP contribution in [-0.4, -0.2) is 64.7 Å². The maximum atomic E-state index is 11.4. The Morgan fingerprint density at radius 1 is 1.03 bits per heavy atom. The summed E-state index contributed by atoms with van der Waals surface area (Å²) in [6, 6.07) is 11.3. The van der Waals surface area contributed by atoms with E-state index in [1.165, 1.54) is 5.56 Å². The Morgan fingerprint density at radius 2 is 1.58 bits per heavy atom. The van der Waals surface area contributed by atoms with E-state index in [1.807, 2.05) is 0 Å². The molecule has 8 nitrogen and oxygen atoms in total. The number of carboxylic acids is 2. The highest BCUT2D eigenvalue weighted by Gasteiger charge is 2.50. The summed E-state index contributed by atoms with van der Waals surface area (Å²) < 4.78 is 31.7. The molecule has 1 aromatic carbocycles. The van der Waals surface area contributed by atoms with E-state index in [0.29, 0.717) is 12.0 Å². The Balaban J connectivity index is 0.000000454. The molecule has 3 fully saturated rings. The summed E-state index contributed by atoms with van der Waals surface area (Å²) in [4.78, 5) is 33.4. The van der Waals surface area contributed by atoms with Gasteiger partial charge in [0, 0.05) is 23.5 Å². The number of nitrogens with one attached hydrogen (secondary N) is 2. The van der Waals surface area contributed by atoms with Gasteiger partial charge < -0.3 is 10.2 Å². The van der Waals surface area contributed by atoms with E-state index >= 15 is 0 Å². The van der Waals surface area contributed by atoms with Crippen molar-refractivity contribution >= 4 is 17.7 Å². The van der Waals surface area contributed by atoms with Crippen molar-refractivity contribution in [3.05, 3.63) is 35.9 Å². The van der Waals surface area contributed by atoms with Crippen LogP contribution in [0.15, 0.2) is 30.3 Å². The zero-order valence-electron chi connectivity index (χ0n) is 20.5. The molecule has 1 aromatic rings. The summed E-state index contributed by atoms with van der Waals surface area (Å²) in [7, 11) is 4.39. The first-order chi connectivity index (χ1) is 16.8. The third-order valence-corrected chi connectivity index (χ3v) is 8.13. The lowest BCUT2D eigenvalue weighted by Gasteiger charge is -2.49. The molecule has 2 aliphatic carbocycles. The standard InChI is InChI=1S/C23H33N3O3.C2HF3O2/c1-26(2)23(18-6-4-3-5-7-18)10-8-22(9-11-23)15-19(24-25-22)17-12-16(13-17)14-20(27)21(28)29;3-2(4,5)1(6)7/h3-7,16-17,19,24-25H,8-15H2,1-2H3,(H,28,29);(H,6,7)/t16-,17+,19?,22?,23?;. The summed E-state index contributed by atoms with van der Waals surface area (Å²) in [6.45, 7) is 0. The van der Waals surface area contributed by atoms with Gasteiger partial charge in [-0.25, -0.2) is 9.59 Å². The second kappa shape index (κ2) is 10.9. The number of nitrogens with zero attached hydrogens (tertiary/aromatic N) is 1. The van der Waals surface area contributed by atoms with Crippen molar-refractivity contribution in [2.45, 2.75) is 74.7 Å². The first-order valence-corrected chi connectivity index (χ1v) is 12.1. The smallest absolute Gasteiger partial charge is 0.476 e. The monoisotopic (exact) mass is 513 g/mol. The predicted molar refractivity (Wildman–Crippen MR) is 125 cm³/mol. The van der Waals surface area contributed by atoms with Crippen LogP contribution in [0.4, 0.5) is 13.2 Å². The molecule has 200 valence electrons. The minimum absolute atomic E-state index is 0.102. The molecule has 11 heteroatoms. The van der Waals surface area contributed by atoms with Gasteiger partial charge in [-0.15, -0.1) is 0 Å². The molecule has 4 rings (SSSR count). The summed E-state index contributed by atoms with van der Waals surface area (Å²) in [5, 5.41) is 15.9. The Labute approximate surface area is 208 Å². The Morgan fingerprint density at radius 3 is 2.06 bits per heavy atom. The molecular weight excluding hydrogens is 479 g/mol. The summed E-state index contributed by atoms with van der Waals surface area (Å²) in [5.41, 5.74) is 8.86. The third kappa shape index (κ3) is 6.24. The van der Waals surface area contributed by atoms with Crippen LogP contribution in [0, 0.1) is 11.8 Å². The van der Waals surface area contributed by atoms with Crippen LogP contribution in [0.2, 0.25) is 0 Å². The first kappa shape index (κ1) is 28.1. The van der Waals surface area contributed by atoms with Gasteiger partial charge in [-0.2, -0.15) is 13.2 Å². The normalized spacial score (nSPS) is 31.9. The lowest BCUT2D eigenvalue weighted by Crippen LogP contribution is -2.53. The average Bonchev–Trinajstić information content (AvgIpc) is 3.19. The molecule has 3 aliphatic rings. The molecule has 0 bridgehead atoms. The highest BCUT2D eigenvalue weighted by molar-refractivity contribution is 6.32. The molecule has 36 heavy (non-hydrogen) atoms. The number of ketones is 1. The van der Waals surface area contributed by atoms with Gasteiger partial charge >= 0.3 is 18.1 Å². The zero-order valence-corrected chi connectivity index (χ0v) is 20.5. The van der Waals surface area contributed by atoms with Gasteiger partial charge in [0.25, 0.3) is 0 Å². The van der Waals surface area contributed by atoms with E-state index in [1.54, 1.807) is 0 Å². The molecule has 1 saturated heterocycles. The number of hydrogen-bond donors (Lipinski definition) is 4. The van der Waals surface area contributed by atoms with E-state index < -0.39 is 23.9 Å². The van der Waals surface area contributed by atoms with Gasteiger partial charge in [0.05, 0.1) is 0 Å². The van der Waals surface area contributed by atoms with Crippen LogP contribution in [0.1, 0.15) is 56.9 Å². The van der Waals surface area contributed by atoms with E-state index in [4.69, 9.17) is 15.0 Å². The number of carbonyl (C=O) groups excluding carboxylic acids is 1. The number of carbonyl (C=O) groups is 3. The molecule has 1 unspecified atom stereocenters. The van der Waals surface area contributed by atoms with Crippen LogP contribution in [-0.2, 0) is 19.9 Å². The highest BCUT2D eigenvalue weighted by Crippen LogP contribution is 2.49. The van der Waals surface area contributed by atoms with E-state index in [0.717, 1.165) is 44.9 Å². The first-order valence-electron chi connectivity index (χ1n) is 12.1. The summed E-state index contributed by atoms with van der Waals surface area (Å²) in [5.74, 6) is -3.91. The summed E-state index contributed by atoms with van der Waals surface area (Å²) >= 11 is 0. The largest absolute Gasteiger partial charge is 0.490 e. The number of carboxylic acid groups (broad SMARTS) is 2. The minimum atomic E-state index is -5.08. The van der Waals surface area contributed by atoms with Gasteiger partial charge in [0.15, 0.2) is 0 Å². The molecule has 0 radical (unpaired) electrons. The van der Waals surface area contributed by atoms with Crippen LogP contribution in [0.3, 0.4) is 0 Å². The fourth-order valence-electron chi connectivity index (χ4n) is 5.90. The lowest BCUT2D eigenvalue weighted by atomic mass is 9.64. The zero-order chi connectivity index (χ0) is 26.7. The van der Waals surface area contributed by atoms with Crippen LogP contribution in [0.5, 0.6) is 0 Å². The number of hydrazine groups is 1.